The maximum absolute atomic E-state index is 6.23. The van der Waals surface area contributed by atoms with Gasteiger partial charge in [-0.15, -0.1) is 11.3 Å². The van der Waals surface area contributed by atoms with Crippen LogP contribution in [-0.2, 0) is 0 Å². The number of nitrogens with one attached hydrogen (secondary N) is 1. The van der Waals surface area contributed by atoms with Crippen molar-refractivity contribution in [3.63, 3.8) is 0 Å². The molecule has 1 aliphatic rings. The monoisotopic (exact) mass is 380 g/mol. The van der Waals surface area contributed by atoms with Crippen molar-refractivity contribution in [2.24, 2.45) is 0 Å². The molecule has 8 heteroatoms. The maximum Gasteiger partial charge on any atom is 0.153 e. The average molecular weight is 380 g/mol. The van der Waals surface area contributed by atoms with Crippen molar-refractivity contribution in [2.75, 3.05) is 25.9 Å². The van der Waals surface area contributed by atoms with E-state index in [2.05, 4.69) is 40.5 Å². The number of anilines is 1. The summed E-state index contributed by atoms with van der Waals surface area (Å²) in [6, 6.07) is 6.37. The topological polar surface area (TPSA) is 90.4 Å². The molecule has 1 fully saturated rings. The van der Waals surface area contributed by atoms with Gasteiger partial charge in [0.25, 0.3) is 0 Å². The fourth-order valence-electron chi connectivity index (χ4n) is 3.82. The molecule has 0 aliphatic carbocycles. The summed E-state index contributed by atoms with van der Waals surface area (Å²) < 4.78 is 8.56. The molecule has 27 heavy (non-hydrogen) atoms. The minimum Gasteiger partial charge on any atom is -0.495 e. The Kier molecular flexibility index (Phi) is 3.76. The minimum atomic E-state index is 0.326. The molecule has 1 saturated heterocycles. The highest BCUT2D eigenvalue weighted by Crippen LogP contribution is 2.41. The lowest BCUT2D eigenvalue weighted by atomic mass is 10.1. The Labute approximate surface area is 160 Å². The van der Waals surface area contributed by atoms with Gasteiger partial charge in [-0.25, -0.2) is 14.5 Å². The van der Waals surface area contributed by atoms with E-state index >= 15 is 0 Å². The number of ether oxygens (including phenoxy) is 1. The number of rotatable bonds is 3. The second-order valence-electron chi connectivity index (χ2n) is 6.91. The standard InChI is InChI=1S/C19H20N6OS/c1-10-5-12-7-14(27-17(12)13(6-10)26-2)15-16-18(20)22-9-23-25(16)19(24-15)11-3-4-21-8-11/h5-7,9,11,21H,3-4,8H2,1-2H3,(H2,20,22,23). The molecule has 3 N–H and O–H groups in total. The van der Waals surface area contributed by atoms with Crippen LogP contribution in [0.25, 0.3) is 26.2 Å². The molecule has 1 unspecified atom stereocenters. The number of aryl methyl sites for hydroxylation is 1. The Balaban J connectivity index is 1.76. The molecule has 5 rings (SSSR count). The molecule has 4 heterocycles. The van der Waals surface area contributed by atoms with E-state index in [1.54, 1.807) is 18.4 Å². The first kappa shape index (κ1) is 16.5. The predicted molar refractivity (Wildman–Crippen MR) is 108 cm³/mol. The first-order chi connectivity index (χ1) is 13.2. The second-order valence-corrected chi connectivity index (χ2v) is 7.96. The van der Waals surface area contributed by atoms with Crippen LogP contribution < -0.4 is 15.8 Å². The van der Waals surface area contributed by atoms with E-state index in [4.69, 9.17) is 15.5 Å². The molecule has 4 aromatic rings. The van der Waals surface area contributed by atoms with Crippen LogP contribution in [0.2, 0.25) is 0 Å². The molecule has 1 aliphatic heterocycles. The van der Waals surface area contributed by atoms with Crippen LogP contribution in [0.15, 0.2) is 24.5 Å². The molecule has 0 bridgehead atoms. The van der Waals surface area contributed by atoms with Crippen LogP contribution in [0.4, 0.5) is 5.82 Å². The summed E-state index contributed by atoms with van der Waals surface area (Å²) in [6.45, 7) is 3.97. The summed E-state index contributed by atoms with van der Waals surface area (Å²) in [7, 11) is 1.71. The van der Waals surface area contributed by atoms with Crippen LogP contribution in [0.3, 0.4) is 0 Å². The maximum atomic E-state index is 6.23. The van der Waals surface area contributed by atoms with E-state index in [9.17, 15) is 0 Å². The zero-order chi connectivity index (χ0) is 18.5. The van der Waals surface area contributed by atoms with Gasteiger partial charge < -0.3 is 15.8 Å². The van der Waals surface area contributed by atoms with E-state index in [0.717, 1.165) is 57.3 Å². The van der Waals surface area contributed by atoms with Crippen LogP contribution in [-0.4, -0.2) is 39.8 Å². The third kappa shape index (κ3) is 2.55. The van der Waals surface area contributed by atoms with Gasteiger partial charge in [-0.05, 0) is 43.0 Å². The number of methoxy groups -OCH3 is 1. The highest BCUT2D eigenvalue weighted by Gasteiger charge is 2.26. The van der Waals surface area contributed by atoms with Crippen LogP contribution >= 0.6 is 11.3 Å². The molecule has 1 atom stereocenters. The van der Waals surface area contributed by atoms with Gasteiger partial charge in [0.1, 0.15) is 29.1 Å². The fourth-order valence-corrected chi connectivity index (χ4v) is 4.94. The number of hydrogen-bond donors (Lipinski definition) is 2. The van der Waals surface area contributed by atoms with E-state index < -0.39 is 0 Å². The van der Waals surface area contributed by atoms with Crippen LogP contribution in [0.5, 0.6) is 5.75 Å². The largest absolute Gasteiger partial charge is 0.495 e. The fraction of sp³-hybridized carbons (Fsp3) is 0.316. The zero-order valence-corrected chi connectivity index (χ0v) is 16.0. The van der Waals surface area contributed by atoms with Gasteiger partial charge in [0.15, 0.2) is 5.82 Å². The Morgan fingerprint density at radius 1 is 1.33 bits per heavy atom. The third-order valence-electron chi connectivity index (χ3n) is 5.09. The van der Waals surface area contributed by atoms with Crippen molar-refractivity contribution in [2.45, 2.75) is 19.3 Å². The van der Waals surface area contributed by atoms with Crippen LogP contribution in [0, 0.1) is 6.92 Å². The molecular formula is C19H20N6OS. The number of thiophene rings is 1. The normalized spacial score (nSPS) is 17.2. The van der Waals surface area contributed by atoms with Gasteiger partial charge in [0.2, 0.25) is 0 Å². The number of benzene rings is 1. The molecule has 0 saturated carbocycles. The molecule has 1 aromatic carbocycles. The highest BCUT2D eigenvalue weighted by atomic mass is 32.1. The number of aromatic nitrogens is 4. The quantitative estimate of drug-likeness (QED) is 0.568. The molecular weight excluding hydrogens is 360 g/mol. The van der Waals surface area contributed by atoms with Gasteiger partial charge in [-0.2, -0.15) is 5.10 Å². The summed E-state index contributed by atoms with van der Waals surface area (Å²) in [4.78, 5) is 10.2. The predicted octanol–water partition coefficient (Wildman–Crippen LogP) is 2.98. The van der Waals surface area contributed by atoms with E-state index in [0.29, 0.717) is 11.7 Å². The number of imidazole rings is 1. The lowest BCUT2D eigenvalue weighted by Crippen LogP contribution is -2.11. The minimum absolute atomic E-state index is 0.326. The van der Waals surface area contributed by atoms with Gasteiger partial charge >= 0.3 is 0 Å². The number of nitrogen functional groups attached to an aromatic ring is 1. The summed E-state index contributed by atoms with van der Waals surface area (Å²) >= 11 is 1.66. The Bertz CT molecular complexity index is 1160. The van der Waals surface area contributed by atoms with Crippen LogP contribution in [0.1, 0.15) is 23.7 Å². The second kappa shape index (κ2) is 6.17. The number of nitrogens with zero attached hydrogens (tertiary/aromatic N) is 4. The first-order valence-electron chi connectivity index (χ1n) is 8.94. The first-order valence-corrected chi connectivity index (χ1v) is 9.75. The summed E-state index contributed by atoms with van der Waals surface area (Å²) in [5, 5.41) is 9.00. The molecule has 138 valence electrons. The van der Waals surface area contributed by atoms with Crippen molar-refractivity contribution < 1.29 is 4.74 Å². The Hall–Kier alpha value is -2.71. The zero-order valence-electron chi connectivity index (χ0n) is 15.2. The average Bonchev–Trinajstić information content (AvgIpc) is 3.38. The highest BCUT2D eigenvalue weighted by molar-refractivity contribution is 7.22. The van der Waals surface area contributed by atoms with E-state index in [1.165, 1.54) is 11.9 Å². The van der Waals surface area contributed by atoms with Crippen molar-refractivity contribution in [1.29, 1.82) is 0 Å². The van der Waals surface area contributed by atoms with Gasteiger partial charge in [0, 0.05) is 12.5 Å². The number of nitrogens with two attached hydrogens (primary N) is 1. The third-order valence-corrected chi connectivity index (χ3v) is 6.26. The van der Waals surface area contributed by atoms with Crippen molar-refractivity contribution in [3.8, 4) is 16.3 Å². The van der Waals surface area contributed by atoms with E-state index in [-0.39, 0.29) is 0 Å². The Morgan fingerprint density at radius 3 is 3.00 bits per heavy atom. The summed E-state index contributed by atoms with van der Waals surface area (Å²) in [6.07, 6.45) is 2.54. The molecule has 0 radical (unpaired) electrons. The number of fused-ring (bicyclic) bond motifs is 2. The lowest BCUT2D eigenvalue weighted by molar-refractivity contribution is 0.420. The van der Waals surface area contributed by atoms with Gasteiger partial charge in [-0.1, -0.05) is 6.07 Å². The van der Waals surface area contributed by atoms with Crippen molar-refractivity contribution >= 4 is 32.8 Å². The summed E-state index contributed by atoms with van der Waals surface area (Å²) in [5.41, 5.74) is 9.02. The van der Waals surface area contributed by atoms with Crippen molar-refractivity contribution in [3.05, 3.63) is 35.9 Å². The molecule has 3 aromatic heterocycles. The van der Waals surface area contributed by atoms with Crippen molar-refractivity contribution in [1.82, 2.24) is 24.9 Å². The lowest BCUT2D eigenvalue weighted by Gasteiger charge is -2.05. The summed E-state index contributed by atoms with van der Waals surface area (Å²) in [5.74, 6) is 2.60. The Morgan fingerprint density at radius 2 is 2.22 bits per heavy atom. The SMILES string of the molecule is COc1cc(C)cc2cc(-c3nc(C4CCNC4)n4ncnc(N)c34)sc12. The number of hydrogen-bond acceptors (Lipinski definition) is 7. The molecule has 0 spiro atoms. The molecule has 7 nitrogen and oxygen atoms in total. The molecule has 0 amide bonds. The smallest absolute Gasteiger partial charge is 0.153 e. The van der Waals surface area contributed by atoms with E-state index in [1.807, 2.05) is 4.52 Å². The van der Waals surface area contributed by atoms with Gasteiger partial charge in [0.05, 0.1) is 16.7 Å². The van der Waals surface area contributed by atoms with Gasteiger partial charge in [-0.3, -0.25) is 0 Å².